The van der Waals surface area contributed by atoms with Gasteiger partial charge < -0.3 is 14.6 Å². The Hall–Kier alpha value is -1.71. The van der Waals surface area contributed by atoms with Crippen LogP contribution in [-0.2, 0) is 4.79 Å². The van der Waals surface area contributed by atoms with Gasteiger partial charge in [0.25, 0.3) is 0 Å². The van der Waals surface area contributed by atoms with Gasteiger partial charge in [-0.25, -0.2) is 0 Å². The molecule has 0 aromatic heterocycles. The molecular weight excluding hydrogens is 196 g/mol. The van der Waals surface area contributed by atoms with Crippen LogP contribution in [0.3, 0.4) is 0 Å². The highest BCUT2D eigenvalue weighted by Crippen LogP contribution is 2.38. The maximum atomic E-state index is 10.8. The number of benzene rings is 1. The number of aromatic hydroxyl groups is 1. The number of carbonyl (C=O) groups excluding carboxylic acids is 1. The Morgan fingerprint density at radius 1 is 1.40 bits per heavy atom. The van der Waals surface area contributed by atoms with E-state index in [1.165, 1.54) is 14.0 Å². The Bertz CT molecular complexity index is 396. The van der Waals surface area contributed by atoms with Gasteiger partial charge in [0.2, 0.25) is 0 Å². The van der Waals surface area contributed by atoms with Crippen molar-refractivity contribution in [2.45, 2.75) is 20.8 Å². The molecule has 1 N–H and O–H groups in total. The SMILES string of the molecule is COc1c(OC(C)=O)cc(C)c(O)c1C. The molecule has 0 spiro atoms. The molecule has 1 rings (SSSR count). The standard InChI is InChI=1S/C11H14O4/c1-6-5-9(15-8(3)12)11(14-4)7(2)10(6)13/h5,13H,1-4H3. The average molecular weight is 210 g/mol. The first-order valence-corrected chi connectivity index (χ1v) is 4.53. The van der Waals surface area contributed by atoms with Crippen LogP contribution < -0.4 is 9.47 Å². The first-order valence-electron chi connectivity index (χ1n) is 4.53. The summed E-state index contributed by atoms with van der Waals surface area (Å²) in [6.45, 7) is 4.75. The summed E-state index contributed by atoms with van der Waals surface area (Å²) in [5.41, 5.74) is 1.21. The van der Waals surface area contributed by atoms with Crippen molar-refractivity contribution in [1.82, 2.24) is 0 Å². The lowest BCUT2D eigenvalue weighted by molar-refractivity contribution is -0.132. The third-order valence-electron chi connectivity index (χ3n) is 2.10. The minimum atomic E-state index is -0.419. The second kappa shape index (κ2) is 4.21. The molecule has 1 aromatic carbocycles. The number of esters is 1. The fraction of sp³-hybridized carbons (Fsp3) is 0.364. The van der Waals surface area contributed by atoms with Gasteiger partial charge in [0, 0.05) is 12.5 Å². The largest absolute Gasteiger partial charge is 0.507 e. The lowest BCUT2D eigenvalue weighted by Crippen LogP contribution is -2.04. The van der Waals surface area contributed by atoms with Crippen molar-refractivity contribution in [3.05, 3.63) is 17.2 Å². The average Bonchev–Trinajstić information content (AvgIpc) is 2.14. The van der Waals surface area contributed by atoms with Crippen LogP contribution in [0.4, 0.5) is 0 Å². The molecule has 0 saturated heterocycles. The van der Waals surface area contributed by atoms with Crippen molar-refractivity contribution >= 4 is 5.97 Å². The van der Waals surface area contributed by atoms with Crippen LogP contribution in [0.25, 0.3) is 0 Å². The van der Waals surface area contributed by atoms with Crippen LogP contribution in [0.15, 0.2) is 6.07 Å². The number of ether oxygens (including phenoxy) is 2. The molecule has 0 aliphatic carbocycles. The second-order valence-corrected chi connectivity index (χ2v) is 3.29. The van der Waals surface area contributed by atoms with Gasteiger partial charge in [0.05, 0.1) is 7.11 Å². The summed E-state index contributed by atoms with van der Waals surface area (Å²) in [4.78, 5) is 10.8. The van der Waals surface area contributed by atoms with Crippen LogP contribution in [0.5, 0.6) is 17.2 Å². The van der Waals surface area contributed by atoms with E-state index < -0.39 is 5.97 Å². The second-order valence-electron chi connectivity index (χ2n) is 3.29. The predicted octanol–water partition coefficient (Wildman–Crippen LogP) is 1.94. The molecule has 0 heterocycles. The van der Waals surface area contributed by atoms with Gasteiger partial charge in [-0.2, -0.15) is 0 Å². The smallest absolute Gasteiger partial charge is 0.308 e. The topological polar surface area (TPSA) is 55.8 Å². The first-order chi connectivity index (χ1) is 6.97. The zero-order chi connectivity index (χ0) is 11.6. The molecule has 0 radical (unpaired) electrons. The molecule has 0 unspecified atom stereocenters. The monoisotopic (exact) mass is 210 g/mol. The molecule has 0 saturated carbocycles. The van der Waals surface area contributed by atoms with Crippen LogP contribution in [0, 0.1) is 13.8 Å². The van der Waals surface area contributed by atoms with Gasteiger partial charge in [-0.15, -0.1) is 0 Å². The zero-order valence-corrected chi connectivity index (χ0v) is 9.25. The van der Waals surface area contributed by atoms with E-state index in [4.69, 9.17) is 9.47 Å². The molecule has 0 fully saturated rings. The number of hydrogen-bond acceptors (Lipinski definition) is 4. The molecule has 15 heavy (non-hydrogen) atoms. The zero-order valence-electron chi connectivity index (χ0n) is 9.25. The highest BCUT2D eigenvalue weighted by Gasteiger charge is 2.15. The summed E-state index contributed by atoms with van der Waals surface area (Å²) >= 11 is 0. The van der Waals surface area contributed by atoms with Gasteiger partial charge >= 0.3 is 5.97 Å². The molecule has 1 aromatic rings. The van der Waals surface area contributed by atoms with E-state index in [0.717, 1.165) is 0 Å². The normalized spacial score (nSPS) is 9.87. The number of carbonyl (C=O) groups is 1. The number of methoxy groups -OCH3 is 1. The Kier molecular flexibility index (Phi) is 3.19. The quantitative estimate of drug-likeness (QED) is 0.598. The Labute approximate surface area is 88.4 Å². The van der Waals surface area contributed by atoms with E-state index in [-0.39, 0.29) is 5.75 Å². The molecular formula is C11H14O4. The van der Waals surface area contributed by atoms with E-state index in [9.17, 15) is 9.90 Å². The minimum absolute atomic E-state index is 0.155. The van der Waals surface area contributed by atoms with E-state index in [0.29, 0.717) is 22.6 Å². The van der Waals surface area contributed by atoms with Gasteiger partial charge in [0.1, 0.15) is 5.75 Å². The summed E-state index contributed by atoms with van der Waals surface area (Å²) in [6.07, 6.45) is 0. The van der Waals surface area contributed by atoms with Gasteiger partial charge in [-0.1, -0.05) is 0 Å². The van der Waals surface area contributed by atoms with E-state index in [2.05, 4.69) is 0 Å². The predicted molar refractivity (Wildman–Crippen MR) is 55.4 cm³/mol. The highest BCUT2D eigenvalue weighted by atomic mass is 16.6. The first kappa shape index (κ1) is 11.4. The van der Waals surface area contributed by atoms with Gasteiger partial charge in [0.15, 0.2) is 11.5 Å². The van der Waals surface area contributed by atoms with Crippen molar-refractivity contribution in [3.8, 4) is 17.2 Å². The summed E-state index contributed by atoms with van der Waals surface area (Å²) in [6, 6.07) is 1.57. The summed E-state index contributed by atoms with van der Waals surface area (Å²) in [5, 5.41) is 9.66. The van der Waals surface area contributed by atoms with Crippen molar-refractivity contribution in [2.75, 3.05) is 7.11 Å². The molecule has 4 heteroatoms. The third kappa shape index (κ3) is 2.21. The maximum Gasteiger partial charge on any atom is 0.308 e. The molecule has 0 amide bonds. The van der Waals surface area contributed by atoms with E-state index in [1.54, 1.807) is 19.9 Å². The molecule has 0 bridgehead atoms. The van der Waals surface area contributed by atoms with Crippen molar-refractivity contribution < 1.29 is 19.4 Å². The molecule has 0 aliphatic heterocycles. The van der Waals surface area contributed by atoms with Crippen LogP contribution in [0.2, 0.25) is 0 Å². The van der Waals surface area contributed by atoms with Crippen LogP contribution in [-0.4, -0.2) is 18.2 Å². The molecule has 0 aliphatic rings. The fourth-order valence-electron chi connectivity index (χ4n) is 1.40. The van der Waals surface area contributed by atoms with Crippen molar-refractivity contribution in [3.63, 3.8) is 0 Å². The van der Waals surface area contributed by atoms with Gasteiger partial charge in [-0.05, 0) is 25.5 Å². The number of hydrogen-bond donors (Lipinski definition) is 1. The summed E-state index contributed by atoms with van der Waals surface area (Å²) in [5.74, 6) is 0.451. The third-order valence-corrected chi connectivity index (χ3v) is 2.10. The number of phenols is 1. The molecule has 0 atom stereocenters. The maximum absolute atomic E-state index is 10.8. The van der Waals surface area contributed by atoms with Crippen molar-refractivity contribution in [2.24, 2.45) is 0 Å². The van der Waals surface area contributed by atoms with Crippen LogP contribution >= 0.6 is 0 Å². The Morgan fingerprint density at radius 2 is 2.00 bits per heavy atom. The van der Waals surface area contributed by atoms with Crippen molar-refractivity contribution in [1.29, 1.82) is 0 Å². The fourth-order valence-corrected chi connectivity index (χ4v) is 1.40. The molecule has 82 valence electrons. The Morgan fingerprint density at radius 3 is 2.47 bits per heavy atom. The number of rotatable bonds is 2. The van der Waals surface area contributed by atoms with Gasteiger partial charge in [-0.3, -0.25) is 4.79 Å². The lowest BCUT2D eigenvalue weighted by atomic mass is 10.1. The summed E-state index contributed by atoms with van der Waals surface area (Å²) in [7, 11) is 1.46. The molecule has 4 nitrogen and oxygen atoms in total. The van der Waals surface area contributed by atoms with E-state index >= 15 is 0 Å². The highest BCUT2D eigenvalue weighted by molar-refractivity contribution is 5.71. The lowest BCUT2D eigenvalue weighted by Gasteiger charge is -2.13. The number of aryl methyl sites for hydroxylation is 1. The minimum Gasteiger partial charge on any atom is -0.507 e. The summed E-state index contributed by atoms with van der Waals surface area (Å²) < 4.78 is 10.1. The number of phenolic OH excluding ortho intramolecular Hbond substituents is 1. The van der Waals surface area contributed by atoms with Crippen LogP contribution in [0.1, 0.15) is 18.1 Å². The Balaban J connectivity index is 3.31. The van der Waals surface area contributed by atoms with E-state index in [1.807, 2.05) is 0 Å².